The van der Waals surface area contributed by atoms with E-state index in [2.05, 4.69) is 5.32 Å². The molecule has 0 aromatic heterocycles. The van der Waals surface area contributed by atoms with Crippen LogP contribution in [0.4, 0.5) is 0 Å². The summed E-state index contributed by atoms with van der Waals surface area (Å²) in [5.41, 5.74) is 3.20. The van der Waals surface area contributed by atoms with Crippen molar-refractivity contribution in [3.05, 3.63) is 65.2 Å². The van der Waals surface area contributed by atoms with Crippen molar-refractivity contribution in [1.29, 1.82) is 0 Å². The molecule has 2 rings (SSSR count). The van der Waals surface area contributed by atoms with Gasteiger partial charge in [0.1, 0.15) is 11.8 Å². The summed E-state index contributed by atoms with van der Waals surface area (Å²) in [5.74, 6) is -0.188. The number of rotatable bonds is 8. The lowest BCUT2D eigenvalue weighted by molar-refractivity contribution is -0.147. The van der Waals surface area contributed by atoms with Gasteiger partial charge in [-0.1, -0.05) is 36.4 Å². The molecule has 2 aromatic carbocycles. The predicted molar refractivity (Wildman–Crippen MR) is 100 cm³/mol. The highest BCUT2D eigenvalue weighted by Crippen LogP contribution is 2.16. The monoisotopic (exact) mass is 355 g/mol. The van der Waals surface area contributed by atoms with E-state index in [-0.39, 0.29) is 19.1 Å². The maximum absolute atomic E-state index is 12.2. The van der Waals surface area contributed by atoms with E-state index in [9.17, 15) is 9.59 Å². The third-order valence-electron chi connectivity index (χ3n) is 4.04. The van der Waals surface area contributed by atoms with Crippen LogP contribution < -0.4 is 10.1 Å². The first-order valence-corrected chi connectivity index (χ1v) is 8.69. The van der Waals surface area contributed by atoms with Gasteiger partial charge in [-0.3, -0.25) is 4.79 Å². The standard InChI is InChI=1S/C21H25NO4/c1-4-25-21(24)19(13-17-8-6-5-7-9-17)22-20(23)14-26-18-11-10-15(2)16(3)12-18/h5-12,19H,4,13-14H2,1-3H3,(H,22,23). The minimum absolute atomic E-state index is 0.160. The van der Waals surface area contributed by atoms with E-state index in [1.54, 1.807) is 6.92 Å². The van der Waals surface area contributed by atoms with Gasteiger partial charge in [0.25, 0.3) is 5.91 Å². The molecule has 0 aliphatic heterocycles. The van der Waals surface area contributed by atoms with Crippen molar-refractivity contribution >= 4 is 11.9 Å². The minimum atomic E-state index is -0.742. The second-order valence-corrected chi connectivity index (χ2v) is 6.10. The molecule has 0 saturated heterocycles. The maximum atomic E-state index is 12.2. The molecule has 26 heavy (non-hydrogen) atoms. The number of ether oxygens (including phenoxy) is 2. The summed E-state index contributed by atoms with van der Waals surface area (Å²) >= 11 is 0. The van der Waals surface area contributed by atoms with E-state index in [0.717, 1.165) is 16.7 Å². The highest BCUT2D eigenvalue weighted by Gasteiger charge is 2.22. The van der Waals surface area contributed by atoms with Gasteiger partial charge in [-0.2, -0.15) is 0 Å². The van der Waals surface area contributed by atoms with Crippen LogP contribution in [0.2, 0.25) is 0 Å². The summed E-state index contributed by atoms with van der Waals surface area (Å²) in [5, 5.41) is 2.71. The number of nitrogens with one attached hydrogen (secondary N) is 1. The van der Waals surface area contributed by atoms with Crippen LogP contribution in [0.25, 0.3) is 0 Å². The average molecular weight is 355 g/mol. The van der Waals surface area contributed by atoms with Gasteiger partial charge >= 0.3 is 5.97 Å². The van der Waals surface area contributed by atoms with Crippen LogP contribution in [0.15, 0.2) is 48.5 Å². The van der Waals surface area contributed by atoms with Crippen molar-refractivity contribution in [1.82, 2.24) is 5.32 Å². The van der Waals surface area contributed by atoms with E-state index in [4.69, 9.17) is 9.47 Å². The average Bonchev–Trinajstić information content (AvgIpc) is 2.63. The Bertz CT molecular complexity index is 743. The molecule has 0 heterocycles. The number of aryl methyl sites for hydroxylation is 2. The van der Waals surface area contributed by atoms with Crippen LogP contribution in [0, 0.1) is 13.8 Å². The molecular weight excluding hydrogens is 330 g/mol. The highest BCUT2D eigenvalue weighted by molar-refractivity contribution is 5.85. The fraction of sp³-hybridized carbons (Fsp3) is 0.333. The summed E-state index contributed by atoms with van der Waals surface area (Å²) in [6.07, 6.45) is 0.370. The van der Waals surface area contributed by atoms with Crippen molar-refractivity contribution in [3.63, 3.8) is 0 Å². The smallest absolute Gasteiger partial charge is 0.328 e. The van der Waals surface area contributed by atoms with Crippen LogP contribution in [0.5, 0.6) is 5.75 Å². The Hall–Kier alpha value is -2.82. The topological polar surface area (TPSA) is 64.6 Å². The van der Waals surface area contributed by atoms with Crippen molar-refractivity contribution in [2.75, 3.05) is 13.2 Å². The molecule has 0 fully saturated rings. The molecule has 1 atom stereocenters. The summed E-state index contributed by atoms with van der Waals surface area (Å²) in [7, 11) is 0. The Morgan fingerprint density at radius 3 is 2.42 bits per heavy atom. The number of carbonyl (C=O) groups excluding carboxylic acids is 2. The zero-order chi connectivity index (χ0) is 18.9. The van der Waals surface area contributed by atoms with Crippen molar-refractivity contribution < 1.29 is 19.1 Å². The molecule has 5 heteroatoms. The first-order valence-electron chi connectivity index (χ1n) is 8.69. The molecule has 0 saturated carbocycles. The number of carbonyl (C=O) groups is 2. The molecule has 0 radical (unpaired) electrons. The third-order valence-corrected chi connectivity index (χ3v) is 4.04. The number of benzene rings is 2. The van der Waals surface area contributed by atoms with E-state index in [1.807, 2.05) is 62.4 Å². The number of hydrogen-bond donors (Lipinski definition) is 1. The maximum Gasteiger partial charge on any atom is 0.328 e. The zero-order valence-corrected chi connectivity index (χ0v) is 15.5. The SMILES string of the molecule is CCOC(=O)C(Cc1ccccc1)NC(=O)COc1ccc(C)c(C)c1. The molecule has 1 unspecified atom stereocenters. The van der Waals surface area contributed by atoms with Crippen LogP contribution in [0.1, 0.15) is 23.6 Å². The minimum Gasteiger partial charge on any atom is -0.484 e. The van der Waals surface area contributed by atoms with Crippen molar-refractivity contribution in [2.24, 2.45) is 0 Å². The molecule has 5 nitrogen and oxygen atoms in total. The Kier molecular flexibility index (Phi) is 7.21. The number of esters is 1. The molecular formula is C21H25NO4. The Balaban J connectivity index is 1.96. The van der Waals surface area contributed by atoms with Gasteiger partial charge in [0, 0.05) is 6.42 Å². The lowest BCUT2D eigenvalue weighted by Gasteiger charge is -2.17. The lowest BCUT2D eigenvalue weighted by Crippen LogP contribution is -2.45. The predicted octanol–water partition coefficient (Wildman–Crippen LogP) is 2.97. The van der Waals surface area contributed by atoms with Crippen molar-refractivity contribution in [3.8, 4) is 5.75 Å². The van der Waals surface area contributed by atoms with Crippen LogP contribution in [0.3, 0.4) is 0 Å². The van der Waals surface area contributed by atoms with Crippen molar-refractivity contribution in [2.45, 2.75) is 33.2 Å². The van der Waals surface area contributed by atoms with Crippen LogP contribution in [-0.4, -0.2) is 31.1 Å². The third kappa shape index (κ3) is 5.92. The molecule has 1 amide bonds. The molecule has 0 aliphatic rings. The quantitative estimate of drug-likeness (QED) is 0.740. The molecule has 2 aromatic rings. The summed E-state index contributed by atoms with van der Waals surface area (Å²) in [4.78, 5) is 24.4. The van der Waals surface area contributed by atoms with Gasteiger partial charge in [-0.15, -0.1) is 0 Å². The zero-order valence-electron chi connectivity index (χ0n) is 15.5. The van der Waals surface area contributed by atoms with Gasteiger partial charge in [-0.25, -0.2) is 4.79 Å². The molecule has 138 valence electrons. The second kappa shape index (κ2) is 9.61. The normalized spacial score (nSPS) is 11.5. The molecule has 0 aliphatic carbocycles. The van der Waals surface area contributed by atoms with E-state index in [1.165, 1.54) is 0 Å². The Morgan fingerprint density at radius 2 is 1.77 bits per heavy atom. The van der Waals surface area contributed by atoms with Gasteiger partial charge in [0.2, 0.25) is 0 Å². The first-order chi connectivity index (χ1) is 12.5. The summed E-state index contributed by atoms with van der Waals surface area (Å²) < 4.78 is 10.6. The molecule has 0 spiro atoms. The Labute approximate surface area is 154 Å². The van der Waals surface area contributed by atoms with Gasteiger partial charge in [0.05, 0.1) is 6.61 Å². The van der Waals surface area contributed by atoms with Gasteiger partial charge in [-0.05, 0) is 49.6 Å². The fourth-order valence-corrected chi connectivity index (χ4v) is 2.47. The fourth-order valence-electron chi connectivity index (χ4n) is 2.47. The van der Waals surface area contributed by atoms with Gasteiger partial charge < -0.3 is 14.8 Å². The largest absolute Gasteiger partial charge is 0.484 e. The number of amides is 1. The first kappa shape index (κ1) is 19.5. The second-order valence-electron chi connectivity index (χ2n) is 6.10. The lowest BCUT2D eigenvalue weighted by atomic mass is 10.1. The van der Waals surface area contributed by atoms with E-state index in [0.29, 0.717) is 12.2 Å². The van der Waals surface area contributed by atoms with E-state index >= 15 is 0 Å². The molecule has 1 N–H and O–H groups in total. The summed E-state index contributed by atoms with van der Waals surface area (Å²) in [6.45, 7) is 5.84. The van der Waals surface area contributed by atoms with Gasteiger partial charge in [0.15, 0.2) is 6.61 Å². The Morgan fingerprint density at radius 1 is 1.04 bits per heavy atom. The molecule has 0 bridgehead atoms. The van der Waals surface area contributed by atoms with Crippen LogP contribution in [-0.2, 0) is 20.7 Å². The number of hydrogen-bond acceptors (Lipinski definition) is 4. The van der Waals surface area contributed by atoms with Crippen LogP contribution >= 0.6 is 0 Å². The van der Waals surface area contributed by atoms with E-state index < -0.39 is 12.0 Å². The highest BCUT2D eigenvalue weighted by atomic mass is 16.5. The summed E-state index contributed by atoms with van der Waals surface area (Å²) in [6, 6.07) is 14.4.